The summed E-state index contributed by atoms with van der Waals surface area (Å²) >= 11 is 0. The van der Waals surface area contributed by atoms with Gasteiger partial charge in [0.05, 0.1) is 13.5 Å². The van der Waals surface area contributed by atoms with E-state index >= 15 is 0 Å². The molecule has 104 valence electrons. The van der Waals surface area contributed by atoms with Gasteiger partial charge >= 0.3 is 0 Å². The molecule has 2 rings (SSSR count). The molecule has 0 bridgehead atoms. The quantitative estimate of drug-likeness (QED) is 0.834. The minimum Gasteiger partial charge on any atom is -0.497 e. The smallest absolute Gasteiger partial charge is 0.227 e. The number of nitrogens with zero attached hydrogens (tertiary/aromatic N) is 1. The van der Waals surface area contributed by atoms with Gasteiger partial charge < -0.3 is 9.64 Å². The molecule has 0 spiro atoms. The molecule has 0 radical (unpaired) electrons. The molecular formula is C16H23NO2. The molecule has 0 saturated carbocycles. The number of hydrogen-bond donors (Lipinski definition) is 0. The molecule has 3 heteroatoms. The number of carbonyl (C=O) groups is 1. The molecule has 0 aliphatic carbocycles. The highest BCUT2D eigenvalue weighted by molar-refractivity contribution is 5.79. The van der Waals surface area contributed by atoms with E-state index in [9.17, 15) is 4.79 Å². The summed E-state index contributed by atoms with van der Waals surface area (Å²) in [5, 5.41) is 0. The molecule has 0 aromatic heterocycles. The molecule has 1 aromatic carbocycles. The number of benzene rings is 1. The van der Waals surface area contributed by atoms with Gasteiger partial charge in [-0.05, 0) is 36.5 Å². The van der Waals surface area contributed by atoms with Crippen molar-refractivity contribution < 1.29 is 9.53 Å². The highest BCUT2D eigenvalue weighted by atomic mass is 16.5. The normalized spacial score (nSPS) is 18.9. The van der Waals surface area contributed by atoms with Gasteiger partial charge in [-0.1, -0.05) is 26.0 Å². The van der Waals surface area contributed by atoms with E-state index in [0.29, 0.717) is 18.4 Å². The lowest BCUT2D eigenvalue weighted by molar-refractivity contribution is -0.132. The van der Waals surface area contributed by atoms with E-state index < -0.39 is 0 Å². The Bertz CT molecular complexity index is 425. The zero-order chi connectivity index (χ0) is 13.8. The Morgan fingerprint density at radius 3 is 2.63 bits per heavy atom. The zero-order valence-corrected chi connectivity index (χ0v) is 12.1. The first-order valence-electron chi connectivity index (χ1n) is 7.04. The molecular weight excluding hydrogens is 238 g/mol. The number of hydrogen-bond acceptors (Lipinski definition) is 2. The third kappa shape index (κ3) is 3.28. The maximum atomic E-state index is 12.4. The second kappa shape index (κ2) is 6.09. The molecule has 0 N–H and O–H groups in total. The summed E-state index contributed by atoms with van der Waals surface area (Å²) in [6.07, 6.45) is 2.77. The molecule has 1 amide bonds. The van der Waals surface area contributed by atoms with E-state index in [4.69, 9.17) is 4.74 Å². The summed E-state index contributed by atoms with van der Waals surface area (Å²) in [7, 11) is 1.65. The third-order valence-corrected chi connectivity index (χ3v) is 3.90. The van der Waals surface area contributed by atoms with Gasteiger partial charge in [-0.15, -0.1) is 0 Å². The van der Waals surface area contributed by atoms with Crippen molar-refractivity contribution in [3.8, 4) is 5.75 Å². The van der Waals surface area contributed by atoms with Crippen molar-refractivity contribution in [1.29, 1.82) is 0 Å². The molecule has 1 unspecified atom stereocenters. The molecule has 19 heavy (non-hydrogen) atoms. The fourth-order valence-corrected chi connectivity index (χ4v) is 2.81. The number of carbonyl (C=O) groups excluding carboxylic acids is 1. The van der Waals surface area contributed by atoms with E-state index in [1.165, 1.54) is 0 Å². The van der Waals surface area contributed by atoms with Gasteiger partial charge in [-0.3, -0.25) is 4.79 Å². The zero-order valence-electron chi connectivity index (χ0n) is 12.1. The van der Waals surface area contributed by atoms with Crippen LogP contribution in [-0.4, -0.2) is 30.5 Å². The fraction of sp³-hybridized carbons (Fsp3) is 0.562. The van der Waals surface area contributed by atoms with E-state index in [0.717, 1.165) is 30.7 Å². The standard InChI is InChI=1S/C16H23NO2/c1-12(2)15-5-4-10-17(15)16(18)11-13-6-8-14(19-3)9-7-13/h6-9,12,15H,4-5,10-11H2,1-3H3. The number of amides is 1. The van der Waals surface area contributed by atoms with Gasteiger partial charge in [-0.25, -0.2) is 0 Å². The van der Waals surface area contributed by atoms with Crippen LogP contribution in [-0.2, 0) is 11.2 Å². The first kappa shape index (κ1) is 13.9. The molecule has 1 atom stereocenters. The molecule has 1 aliphatic heterocycles. The minimum atomic E-state index is 0.251. The number of likely N-dealkylation sites (tertiary alicyclic amines) is 1. The van der Waals surface area contributed by atoms with Gasteiger partial charge in [0.2, 0.25) is 5.91 Å². The van der Waals surface area contributed by atoms with Gasteiger partial charge in [0.25, 0.3) is 0 Å². The number of rotatable bonds is 4. The fourth-order valence-electron chi connectivity index (χ4n) is 2.81. The lowest BCUT2D eigenvalue weighted by Gasteiger charge is -2.27. The average Bonchev–Trinajstić information content (AvgIpc) is 2.89. The third-order valence-electron chi connectivity index (χ3n) is 3.90. The summed E-state index contributed by atoms with van der Waals surface area (Å²) in [6, 6.07) is 8.18. The van der Waals surface area contributed by atoms with Gasteiger partial charge in [0, 0.05) is 12.6 Å². The first-order chi connectivity index (χ1) is 9.11. The van der Waals surface area contributed by atoms with Crippen LogP contribution in [0.25, 0.3) is 0 Å². The Hall–Kier alpha value is -1.51. The number of ether oxygens (including phenoxy) is 1. The van der Waals surface area contributed by atoms with Crippen LogP contribution < -0.4 is 4.74 Å². The summed E-state index contributed by atoms with van der Waals surface area (Å²) < 4.78 is 5.13. The van der Waals surface area contributed by atoms with Crippen molar-refractivity contribution in [2.75, 3.05) is 13.7 Å². The van der Waals surface area contributed by atoms with Gasteiger partial charge in [-0.2, -0.15) is 0 Å². The Kier molecular flexibility index (Phi) is 4.46. The van der Waals surface area contributed by atoms with E-state index in [2.05, 4.69) is 18.7 Å². The molecule has 1 aliphatic rings. The Balaban J connectivity index is 1.99. The van der Waals surface area contributed by atoms with Crippen LogP contribution in [0.2, 0.25) is 0 Å². The van der Waals surface area contributed by atoms with E-state index in [1.807, 2.05) is 24.3 Å². The highest BCUT2D eigenvalue weighted by Gasteiger charge is 2.30. The summed E-state index contributed by atoms with van der Waals surface area (Å²) in [5.74, 6) is 1.63. The van der Waals surface area contributed by atoms with Gasteiger partial charge in [0.15, 0.2) is 0 Å². The lowest BCUT2D eigenvalue weighted by atomic mass is 10.0. The van der Waals surface area contributed by atoms with Crippen molar-refractivity contribution in [2.24, 2.45) is 5.92 Å². The van der Waals surface area contributed by atoms with Crippen LogP contribution in [0.3, 0.4) is 0 Å². The SMILES string of the molecule is COc1ccc(CC(=O)N2CCCC2C(C)C)cc1. The van der Waals surface area contributed by atoms with Crippen LogP contribution in [0.4, 0.5) is 0 Å². The Morgan fingerprint density at radius 2 is 2.05 bits per heavy atom. The average molecular weight is 261 g/mol. The topological polar surface area (TPSA) is 29.5 Å². The summed E-state index contributed by atoms with van der Waals surface area (Å²) in [6.45, 7) is 5.31. The maximum Gasteiger partial charge on any atom is 0.227 e. The summed E-state index contributed by atoms with van der Waals surface area (Å²) in [5.41, 5.74) is 1.06. The van der Waals surface area contributed by atoms with Gasteiger partial charge in [0.1, 0.15) is 5.75 Å². The van der Waals surface area contributed by atoms with Crippen LogP contribution in [0, 0.1) is 5.92 Å². The van der Waals surface area contributed by atoms with E-state index in [1.54, 1.807) is 7.11 Å². The monoisotopic (exact) mass is 261 g/mol. The number of methoxy groups -OCH3 is 1. The molecule has 1 heterocycles. The van der Waals surface area contributed by atoms with E-state index in [-0.39, 0.29) is 5.91 Å². The first-order valence-corrected chi connectivity index (χ1v) is 7.04. The predicted octanol–water partition coefficient (Wildman–Crippen LogP) is 2.88. The van der Waals surface area contributed by atoms with Crippen molar-refractivity contribution >= 4 is 5.91 Å². The molecule has 1 saturated heterocycles. The Morgan fingerprint density at radius 1 is 1.37 bits per heavy atom. The molecule has 1 aromatic rings. The van der Waals surface area contributed by atoms with Crippen LogP contribution in [0.15, 0.2) is 24.3 Å². The Labute approximate surface area is 115 Å². The molecule has 1 fully saturated rings. The highest BCUT2D eigenvalue weighted by Crippen LogP contribution is 2.24. The second-order valence-electron chi connectivity index (χ2n) is 5.57. The van der Waals surface area contributed by atoms with Crippen LogP contribution in [0.5, 0.6) is 5.75 Å². The predicted molar refractivity (Wildman–Crippen MR) is 76.3 cm³/mol. The van der Waals surface area contributed by atoms with Crippen molar-refractivity contribution in [2.45, 2.75) is 39.2 Å². The largest absolute Gasteiger partial charge is 0.497 e. The van der Waals surface area contributed by atoms with Crippen molar-refractivity contribution in [1.82, 2.24) is 4.90 Å². The van der Waals surface area contributed by atoms with Crippen molar-refractivity contribution in [3.63, 3.8) is 0 Å². The van der Waals surface area contributed by atoms with Crippen LogP contribution in [0.1, 0.15) is 32.3 Å². The molecule has 3 nitrogen and oxygen atoms in total. The van der Waals surface area contributed by atoms with Crippen molar-refractivity contribution in [3.05, 3.63) is 29.8 Å². The lowest BCUT2D eigenvalue weighted by Crippen LogP contribution is -2.39. The maximum absolute atomic E-state index is 12.4. The second-order valence-corrected chi connectivity index (χ2v) is 5.57. The minimum absolute atomic E-state index is 0.251. The van der Waals surface area contributed by atoms with Crippen LogP contribution >= 0.6 is 0 Å². The summed E-state index contributed by atoms with van der Waals surface area (Å²) in [4.78, 5) is 14.4.